The van der Waals surface area contributed by atoms with Gasteiger partial charge >= 0.3 is 0 Å². The Labute approximate surface area is 109 Å². The Kier molecular flexibility index (Phi) is 4.86. The maximum absolute atomic E-state index is 4.50. The summed E-state index contributed by atoms with van der Waals surface area (Å²) in [5.41, 5.74) is 1.40. The minimum Gasteiger partial charge on any atom is -0.296 e. The first-order valence-electron chi connectivity index (χ1n) is 6.59. The fourth-order valence-corrected chi connectivity index (χ4v) is 3.00. The van der Waals surface area contributed by atoms with Crippen LogP contribution in [-0.2, 0) is 0 Å². The van der Waals surface area contributed by atoms with E-state index >= 15 is 0 Å². The largest absolute Gasteiger partial charge is 0.296 e. The van der Waals surface area contributed by atoms with E-state index in [0.717, 1.165) is 5.03 Å². The van der Waals surface area contributed by atoms with Crippen molar-refractivity contribution in [2.45, 2.75) is 43.7 Å². The minimum atomic E-state index is 0.604. The van der Waals surface area contributed by atoms with E-state index in [4.69, 9.17) is 0 Å². The van der Waals surface area contributed by atoms with E-state index in [-0.39, 0.29) is 0 Å². The summed E-state index contributed by atoms with van der Waals surface area (Å²) in [4.78, 5) is 7.13. The number of piperidine rings is 1. The van der Waals surface area contributed by atoms with Gasteiger partial charge in [0.2, 0.25) is 0 Å². The van der Waals surface area contributed by atoms with E-state index < -0.39 is 0 Å². The van der Waals surface area contributed by atoms with E-state index in [9.17, 15) is 0 Å². The fraction of sp³-hybridized carbons (Fsp3) is 0.643. The predicted molar refractivity (Wildman–Crippen MR) is 74.5 cm³/mol. The maximum Gasteiger partial charge on any atom is 0.0957 e. The summed E-state index contributed by atoms with van der Waals surface area (Å²) in [6.07, 6.45) is 9.39. The molecule has 2 heterocycles. The van der Waals surface area contributed by atoms with Crippen molar-refractivity contribution in [1.82, 2.24) is 9.88 Å². The van der Waals surface area contributed by atoms with Crippen LogP contribution in [0.1, 0.15) is 44.2 Å². The summed E-state index contributed by atoms with van der Waals surface area (Å²) in [6.45, 7) is 4.73. The van der Waals surface area contributed by atoms with Gasteiger partial charge in [0.25, 0.3) is 0 Å². The lowest BCUT2D eigenvalue weighted by molar-refractivity contribution is 0.148. The number of aromatic nitrogens is 1. The highest BCUT2D eigenvalue weighted by molar-refractivity contribution is 7.98. The lowest BCUT2D eigenvalue weighted by Crippen LogP contribution is -2.34. The van der Waals surface area contributed by atoms with Crippen molar-refractivity contribution in [3.63, 3.8) is 0 Å². The lowest BCUT2D eigenvalue weighted by atomic mass is 9.96. The van der Waals surface area contributed by atoms with Gasteiger partial charge in [0.15, 0.2) is 0 Å². The van der Waals surface area contributed by atoms with Crippen LogP contribution < -0.4 is 0 Å². The monoisotopic (exact) mass is 250 g/mol. The van der Waals surface area contributed by atoms with Crippen molar-refractivity contribution in [1.29, 1.82) is 0 Å². The molecule has 1 atom stereocenters. The highest BCUT2D eigenvalue weighted by Crippen LogP contribution is 2.30. The first-order chi connectivity index (χ1) is 8.35. The SMILES string of the molecule is CCCN1CCCC[C@@H]1c1ccc(SC)nc1. The average Bonchev–Trinajstić information content (AvgIpc) is 2.40. The van der Waals surface area contributed by atoms with Crippen LogP contribution in [0.5, 0.6) is 0 Å². The number of pyridine rings is 1. The number of rotatable bonds is 4. The van der Waals surface area contributed by atoms with Gasteiger partial charge in [0, 0.05) is 12.2 Å². The van der Waals surface area contributed by atoms with Gasteiger partial charge in [-0.2, -0.15) is 0 Å². The maximum atomic E-state index is 4.50. The smallest absolute Gasteiger partial charge is 0.0957 e. The molecule has 1 aliphatic rings. The second-order valence-corrected chi connectivity index (χ2v) is 5.51. The summed E-state index contributed by atoms with van der Waals surface area (Å²) >= 11 is 1.71. The average molecular weight is 250 g/mol. The molecule has 0 radical (unpaired) electrons. The van der Waals surface area contributed by atoms with Gasteiger partial charge in [0.1, 0.15) is 0 Å². The number of thioether (sulfide) groups is 1. The second kappa shape index (κ2) is 6.41. The molecule has 0 aliphatic carbocycles. The summed E-state index contributed by atoms with van der Waals surface area (Å²) in [6, 6.07) is 5.02. The normalized spacial score (nSPS) is 21.6. The second-order valence-electron chi connectivity index (χ2n) is 4.68. The summed E-state index contributed by atoms with van der Waals surface area (Å²) in [5.74, 6) is 0. The standard InChI is InChI=1S/C14H22N2S/c1-3-9-16-10-5-4-6-13(16)12-7-8-14(17-2)15-11-12/h7-8,11,13H,3-6,9-10H2,1-2H3/t13-/m1/s1. The van der Waals surface area contributed by atoms with Crippen molar-refractivity contribution >= 4 is 11.8 Å². The minimum absolute atomic E-state index is 0.604. The van der Waals surface area contributed by atoms with Crippen molar-refractivity contribution in [2.24, 2.45) is 0 Å². The summed E-state index contributed by atoms with van der Waals surface area (Å²) in [5, 5.41) is 1.12. The van der Waals surface area contributed by atoms with Crippen molar-refractivity contribution < 1.29 is 0 Å². The van der Waals surface area contributed by atoms with E-state index in [1.165, 1.54) is 44.3 Å². The third kappa shape index (κ3) is 3.23. The Morgan fingerprint density at radius 1 is 1.41 bits per heavy atom. The molecule has 3 heteroatoms. The van der Waals surface area contributed by atoms with Gasteiger partial charge in [-0.1, -0.05) is 19.4 Å². The van der Waals surface area contributed by atoms with Gasteiger partial charge in [-0.3, -0.25) is 4.90 Å². The van der Waals surface area contributed by atoms with Crippen LogP contribution >= 0.6 is 11.8 Å². The number of nitrogens with zero attached hydrogens (tertiary/aromatic N) is 2. The van der Waals surface area contributed by atoms with Gasteiger partial charge < -0.3 is 0 Å². The summed E-state index contributed by atoms with van der Waals surface area (Å²) < 4.78 is 0. The van der Waals surface area contributed by atoms with Gasteiger partial charge in [-0.15, -0.1) is 11.8 Å². The van der Waals surface area contributed by atoms with E-state index in [2.05, 4.69) is 41.4 Å². The van der Waals surface area contributed by atoms with E-state index in [1.807, 2.05) is 0 Å². The number of hydrogen-bond acceptors (Lipinski definition) is 3. The van der Waals surface area contributed by atoms with E-state index in [1.54, 1.807) is 11.8 Å². The highest BCUT2D eigenvalue weighted by Gasteiger charge is 2.23. The van der Waals surface area contributed by atoms with Crippen LogP contribution in [0.25, 0.3) is 0 Å². The Morgan fingerprint density at radius 2 is 2.29 bits per heavy atom. The Hall–Kier alpha value is -0.540. The molecular weight excluding hydrogens is 228 g/mol. The fourth-order valence-electron chi connectivity index (χ4n) is 2.63. The van der Waals surface area contributed by atoms with Crippen LogP contribution in [0.15, 0.2) is 23.4 Å². The lowest BCUT2D eigenvalue weighted by Gasteiger charge is -2.35. The van der Waals surface area contributed by atoms with Gasteiger partial charge in [-0.05, 0) is 50.2 Å². The molecular formula is C14H22N2S. The van der Waals surface area contributed by atoms with Crippen molar-refractivity contribution in [3.8, 4) is 0 Å². The van der Waals surface area contributed by atoms with Crippen molar-refractivity contribution in [3.05, 3.63) is 23.9 Å². The molecule has 94 valence electrons. The molecule has 0 unspecified atom stereocenters. The van der Waals surface area contributed by atoms with Crippen molar-refractivity contribution in [2.75, 3.05) is 19.3 Å². The molecule has 2 nitrogen and oxygen atoms in total. The molecule has 0 amide bonds. The topological polar surface area (TPSA) is 16.1 Å². The molecule has 0 saturated carbocycles. The Bertz CT molecular complexity index is 335. The Morgan fingerprint density at radius 3 is 2.94 bits per heavy atom. The predicted octanol–water partition coefficient (Wildman–Crippen LogP) is 3.74. The van der Waals surface area contributed by atoms with E-state index in [0.29, 0.717) is 6.04 Å². The Balaban J connectivity index is 2.11. The first-order valence-corrected chi connectivity index (χ1v) is 7.81. The third-order valence-corrected chi connectivity index (χ3v) is 4.14. The molecule has 1 fully saturated rings. The molecule has 0 spiro atoms. The first kappa shape index (κ1) is 12.9. The molecule has 1 aliphatic heterocycles. The zero-order valence-corrected chi connectivity index (χ0v) is 11.7. The number of likely N-dealkylation sites (tertiary alicyclic amines) is 1. The number of hydrogen-bond donors (Lipinski definition) is 0. The molecule has 1 aromatic heterocycles. The molecule has 17 heavy (non-hydrogen) atoms. The quantitative estimate of drug-likeness (QED) is 0.757. The van der Waals surface area contributed by atoms with Crippen LogP contribution in [0, 0.1) is 0 Å². The molecule has 0 N–H and O–H groups in total. The third-order valence-electron chi connectivity index (χ3n) is 3.48. The van der Waals surface area contributed by atoms with Gasteiger partial charge in [0.05, 0.1) is 5.03 Å². The molecule has 1 aromatic rings. The molecule has 0 aromatic carbocycles. The highest BCUT2D eigenvalue weighted by atomic mass is 32.2. The van der Waals surface area contributed by atoms with Crippen LogP contribution in [-0.4, -0.2) is 29.2 Å². The van der Waals surface area contributed by atoms with Crippen LogP contribution in [0.3, 0.4) is 0 Å². The van der Waals surface area contributed by atoms with Gasteiger partial charge in [-0.25, -0.2) is 4.98 Å². The van der Waals surface area contributed by atoms with Crippen LogP contribution in [0.2, 0.25) is 0 Å². The summed E-state index contributed by atoms with van der Waals surface area (Å²) in [7, 11) is 0. The molecule has 0 bridgehead atoms. The zero-order chi connectivity index (χ0) is 12.1. The zero-order valence-electron chi connectivity index (χ0n) is 10.9. The molecule has 2 rings (SSSR count). The molecule has 1 saturated heterocycles. The van der Waals surface area contributed by atoms with Crippen LogP contribution in [0.4, 0.5) is 0 Å².